The molecule has 1 aromatic heterocycles. The molecule has 0 aromatic carbocycles. The van der Waals surface area contributed by atoms with Gasteiger partial charge in [0.05, 0.1) is 4.92 Å². The van der Waals surface area contributed by atoms with E-state index < -0.39 is 4.92 Å². The molecule has 0 unspecified atom stereocenters. The monoisotopic (exact) mass is 282 g/mol. The van der Waals surface area contributed by atoms with Crippen LogP contribution in [0.15, 0.2) is 30.4 Å². The predicted octanol–water partition coefficient (Wildman–Crippen LogP) is 1.99. The minimum atomic E-state index is -0.443. The second kappa shape index (κ2) is 5.88. The third-order valence-corrected chi connectivity index (χ3v) is 3.15. The van der Waals surface area contributed by atoms with Gasteiger partial charge in [-0.2, -0.15) is 0 Å². The molecule has 0 atom stereocenters. The van der Waals surface area contributed by atoms with E-state index in [9.17, 15) is 10.1 Å². The molecule has 6 nitrogen and oxygen atoms in total. The Morgan fingerprint density at radius 3 is 2.89 bits per heavy atom. The summed E-state index contributed by atoms with van der Waals surface area (Å²) >= 11 is 5.74. The number of nitrogens with one attached hydrogen (secondary N) is 1. The van der Waals surface area contributed by atoms with Gasteiger partial charge < -0.3 is 10.2 Å². The molecule has 2 rings (SSSR count). The standard InChI is InChI=1S/C12H15ClN4O2/c1-14-12(8-17(18)19)16(10-3-4-10)7-9-2-5-11(13)15-6-9/h2,5-6,8,10,14H,3-4,7H2,1H3. The lowest BCUT2D eigenvalue weighted by atomic mass is 10.2. The van der Waals surface area contributed by atoms with Crippen LogP contribution < -0.4 is 5.32 Å². The van der Waals surface area contributed by atoms with Gasteiger partial charge in [-0.1, -0.05) is 17.7 Å². The van der Waals surface area contributed by atoms with Crippen molar-refractivity contribution in [1.82, 2.24) is 15.2 Å². The highest BCUT2D eigenvalue weighted by molar-refractivity contribution is 6.29. The maximum absolute atomic E-state index is 10.6. The van der Waals surface area contributed by atoms with Crippen LogP contribution in [0.3, 0.4) is 0 Å². The van der Waals surface area contributed by atoms with Crippen LogP contribution in [-0.2, 0) is 6.54 Å². The second-order valence-corrected chi connectivity index (χ2v) is 4.79. The van der Waals surface area contributed by atoms with Crippen LogP contribution in [0.4, 0.5) is 0 Å². The molecule has 1 saturated carbocycles. The van der Waals surface area contributed by atoms with Crippen molar-refractivity contribution in [2.45, 2.75) is 25.4 Å². The van der Waals surface area contributed by atoms with Crippen molar-refractivity contribution in [3.8, 4) is 0 Å². The molecule has 102 valence electrons. The first-order valence-electron chi connectivity index (χ1n) is 6.00. The predicted molar refractivity (Wildman–Crippen MR) is 71.9 cm³/mol. The number of nitrogens with zero attached hydrogens (tertiary/aromatic N) is 3. The Bertz CT molecular complexity index is 485. The molecular weight excluding hydrogens is 268 g/mol. The van der Waals surface area contributed by atoms with E-state index in [2.05, 4.69) is 10.3 Å². The fourth-order valence-corrected chi connectivity index (χ4v) is 1.99. The zero-order valence-corrected chi connectivity index (χ0v) is 11.3. The van der Waals surface area contributed by atoms with Crippen LogP contribution in [0.5, 0.6) is 0 Å². The van der Waals surface area contributed by atoms with E-state index in [1.807, 2.05) is 11.0 Å². The number of hydrogen-bond acceptors (Lipinski definition) is 5. The minimum Gasteiger partial charge on any atom is -0.370 e. The van der Waals surface area contributed by atoms with E-state index >= 15 is 0 Å². The van der Waals surface area contributed by atoms with Crippen molar-refractivity contribution in [3.63, 3.8) is 0 Å². The molecule has 1 aliphatic rings. The van der Waals surface area contributed by atoms with Crippen molar-refractivity contribution in [2.75, 3.05) is 7.05 Å². The molecule has 1 aromatic rings. The first-order chi connectivity index (χ1) is 9.10. The Kier molecular flexibility index (Phi) is 4.21. The smallest absolute Gasteiger partial charge is 0.274 e. The maximum Gasteiger partial charge on any atom is 0.274 e. The van der Waals surface area contributed by atoms with Gasteiger partial charge in [-0.25, -0.2) is 4.98 Å². The van der Waals surface area contributed by atoms with Crippen molar-refractivity contribution in [3.05, 3.63) is 51.2 Å². The molecule has 0 amide bonds. The number of nitro groups is 1. The van der Waals surface area contributed by atoms with Crippen molar-refractivity contribution < 1.29 is 4.92 Å². The highest BCUT2D eigenvalue weighted by Gasteiger charge is 2.31. The Hall–Kier alpha value is -1.82. The lowest BCUT2D eigenvalue weighted by molar-refractivity contribution is -0.404. The first-order valence-corrected chi connectivity index (χ1v) is 6.38. The SMILES string of the molecule is CNC(=C[N+](=O)[O-])N(Cc1ccc(Cl)nc1)C1CC1. The Balaban J connectivity index is 2.16. The van der Waals surface area contributed by atoms with Gasteiger partial charge >= 0.3 is 0 Å². The summed E-state index contributed by atoms with van der Waals surface area (Å²) in [6.07, 6.45) is 4.80. The van der Waals surface area contributed by atoms with Gasteiger partial charge in [0.1, 0.15) is 5.15 Å². The van der Waals surface area contributed by atoms with E-state index in [1.165, 1.54) is 0 Å². The summed E-state index contributed by atoms with van der Waals surface area (Å²) < 4.78 is 0. The highest BCUT2D eigenvalue weighted by atomic mass is 35.5. The number of hydrogen-bond donors (Lipinski definition) is 1. The average Bonchev–Trinajstić information content (AvgIpc) is 3.19. The van der Waals surface area contributed by atoms with Gasteiger partial charge in [0.25, 0.3) is 6.20 Å². The first kappa shape index (κ1) is 13.6. The van der Waals surface area contributed by atoms with Crippen LogP contribution >= 0.6 is 11.6 Å². The normalized spacial score (nSPS) is 15.2. The molecular formula is C12H15ClN4O2. The Labute approximate surface area is 116 Å². The number of rotatable bonds is 6. The van der Waals surface area contributed by atoms with Gasteiger partial charge in [-0.05, 0) is 24.5 Å². The molecule has 1 N–H and O–H groups in total. The summed E-state index contributed by atoms with van der Waals surface area (Å²) in [5, 5.41) is 14.0. The molecule has 0 saturated heterocycles. The van der Waals surface area contributed by atoms with Gasteiger partial charge in [0.15, 0.2) is 5.82 Å². The molecule has 0 radical (unpaired) electrons. The van der Waals surface area contributed by atoms with E-state index in [1.54, 1.807) is 19.3 Å². The van der Waals surface area contributed by atoms with Gasteiger partial charge in [-0.15, -0.1) is 0 Å². The summed E-state index contributed by atoms with van der Waals surface area (Å²) in [4.78, 5) is 16.2. The van der Waals surface area contributed by atoms with Gasteiger partial charge in [-0.3, -0.25) is 10.1 Å². The molecule has 1 aliphatic carbocycles. The van der Waals surface area contributed by atoms with Crippen LogP contribution in [0.2, 0.25) is 5.15 Å². The molecule has 0 spiro atoms. The maximum atomic E-state index is 10.6. The van der Waals surface area contributed by atoms with Crippen molar-refractivity contribution >= 4 is 11.6 Å². The van der Waals surface area contributed by atoms with E-state index in [0.717, 1.165) is 24.6 Å². The Morgan fingerprint density at radius 1 is 1.68 bits per heavy atom. The zero-order chi connectivity index (χ0) is 13.8. The topological polar surface area (TPSA) is 71.3 Å². The molecule has 19 heavy (non-hydrogen) atoms. The van der Waals surface area contributed by atoms with Crippen molar-refractivity contribution in [1.29, 1.82) is 0 Å². The molecule has 7 heteroatoms. The summed E-state index contributed by atoms with van der Waals surface area (Å²) in [7, 11) is 1.69. The second-order valence-electron chi connectivity index (χ2n) is 4.40. The third kappa shape index (κ3) is 3.82. The lowest BCUT2D eigenvalue weighted by Gasteiger charge is -2.25. The van der Waals surface area contributed by atoms with Crippen LogP contribution in [0.25, 0.3) is 0 Å². The third-order valence-electron chi connectivity index (χ3n) is 2.92. The number of pyridine rings is 1. The summed E-state index contributed by atoms with van der Waals surface area (Å²) in [5.74, 6) is 0.516. The molecule has 1 heterocycles. The zero-order valence-electron chi connectivity index (χ0n) is 10.5. The highest BCUT2D eigenvalue weighted by Crippen LogP contribution is 2.30. The van der Waals surface area contributed by atoms with Gasteiger partial charge in [0, 0.05) is 25.8 Å². The van der Waals surface area contributed by atoms with Crippen LogP contribution in [0, 0.1) is 10.1 Å². The fourth-order valence-electron chi connectivity index (χ4n) is 1.88. The number of aromatic nitrogens is 1. The largest absolute Gasteiger partial charge is 0.370 e. The Morgan fingerprint density at radius 2 is 2.42 bits per heavy atom. The van der Waals surface area contributed by atoms with E-state index in [-0.39, 0.29) is 0 Å². The van der Waals surface area contributed by atoms with E-state index in [4.69, 9.17) is 11.6 Å². The molecule has 0 aliphatic heterocycles. The number of halogens is 1. The average molecular weight is 283 g/mol. The van der Waals surface area contributed by atoms with Crippen LogP contribution in [0.1, 0.15) is 18.4 Å². The minimum absolute atomic E-state index is 0.356. The quantitative estimate of drug-likeness (QED) is 0.491. The van der Waals surface area contributed by atoms with Crippen molar-refractivity contribution in [2.24, 2.45) is 0 Å². The lowest BCUT2D eigenvalue weighted by Crippen LogP contribution is -2.32. The van der Waals surface area contributed by atoms with Crippen LogP contribution in [-0.4, -0.2) is 27.9 Å². The van der Waals surface area contributed by atoms with Gasteiger partial charge in [0.2, 0.25) is 0 Å². The molecule has 1 fully saturated rings. The summed E-state index contributed by atoms with van der Waals surface area (Å²) in [5.41, 5.74) is 0.973. The fraction of sp³-hybridized carbons (Fsp3) is 0.417. The summed E-state index contributed by atoms with van der Waals surface area (Å²) in [6.45, 7) is 0.579. The van der Waals surface area contributed by atoms with E-state index in [0.29, 0.717) is 23.6 Å². The molecule has 0 bridgehead atoms. The summed E-state index contributed by atoms with van der Waals surface area (Å²) in [6, 6.07) is 3.96.